The van der Waals surface area contributed by atoms with E-state index in [9.17, 15) is 27.1 Å². The molecule has 5 heterocycles. The van der Waals surface area contributed by atoms with Crippen molar-refractivity contribution in [3.63, 3.8) is 0 Å². The topological polar surface area (TPSA) is 95.9 Å². The molecule has 4 unspecified atom stereocenters. The Morgan fingerprint density at radius 2 is 1.74 bits per heavy atom. The second-order valence-electron chi connectivity index (χ2n) is 15.8. The van der Waals surface area contributed by atoms with Crippen molar-refractivity contribution in [2.75, 3.05) is 51.3 Å². The molecule has 4 atom stereocenters. The number of phenols is 1. The average Bonchev–Trinajstić information content (AvgIpc) is 4.01. The number of benzene rings is 2. The Kier molecular flexibility index (Phi) is 8.14. The van der Waals surface area contributed by atoms with Gasteiger partial charge in [-0.05, 0) is 75.2 Å². The number of piperidine rings is 1. The first-order valence-corrected chi connectivity index (χ1v) is 18.3. The molecule has 5 aliphatic rings. The normalized spacial score (nSPS) is 25.6. The van der Waals surface area contributed by atoms with Gasteiger partial charge in [-0.25, -0.2) is 18.2 Å². The maximum atomic E-state index is 17.1. The van der Waals surface area contributed by atoms with Gasteiger partial charge in [-0.2, -0.15) is 23.1 Å². The number of alkyl halides is 4. The lowest BCUT2D eigenvalue weighted by atomic mass is 9.89. The molecule has 2 aliphatic carbocycles. The van der Waals surface area contributed by atoms with Crippen LogP contribution in [0, 0.1) is 40.7 Å². The monoisotopic (exact) mass is 752 g/mol. The van der Waals surface area contributed by atoms with Crippen molar-refractivity contribution in [2.24, 2.45) is 16.7 Å². The summed E-state index contributed by atoms with van der Waals surface area (Å²) in [4.78, 5) is 18.1. The van der Waals surface area contributed by atoms with Gasteiger partial charge < -0.3 is 29.7 Å². The Morgan fingerprint density at radius 3 is 2.37 bits per heavy atom. The van der Waals surface area contributed by atoms with Crippen LogP contribution in [0.15, 0.2) is 24.3 Å². The summed E-state index contributed by atoms with van der Waals surface area (Å²) in [6, 6.07) is 5.61. The largest absolute Gasteiger partial charge is 0.508 e. The number of nitrogens with one attached hydrogen (secondary N) is 1. The summed E-state index contributed by atoms with van der Waals surface area (Å²) in [5.74, 6) is -0.903. The van der Waals surface area contributed by atoms with Crippen molar-refractivity contribution in [3.8, 4) is 41.2 Å². The molecule has 9 nitrogen and oxygen atoms in total. The van der Waals surface area contributed by atoms with Crippen molar-refractivity contribution in [1.29, 1.82) is 0 Å². The number of nitrogens with zero attached hydrogens (tertiary/aromatic N) is 5. The van der Waals surface area contributed by atoms with E-state index < -0.39 is 35.3 Å². The van der Waals surface area contributed by atoms with Gasteiger partial charge in [0.15, 0.2) is 5.82 Å². The lowest BCUT2D eigenvalue weighted by molar-refractivity contribution is -0.161. The van der Waals surface area contributed by atoms with E-state index in [0.29, 0.717) is 43.9 Å². The SMILES string of the molecule is C#Cc1c(F)ccc2cc(O)cc(-c3nc(OC)c4c(N5CC6CCC(C5)N6)nc(OCC5(CN6CCC7(CC6)C(F)C7C(F)(F)F)CC5)nc4c3F)c12. The van der Waals surface area contributed by atoms with Crippen LogP contribution in [0.3, 0.4) is 0 Å². The van der Waals surface area contributed by atoms with Gasteiger partial charge in [0.05, 0.1) is 25.2 Å². The number of likely N-dealkylation sites (tertiary alicyclic amines) is 1. The Labute approximate surface area is 307 Å². The Balaban J connectivity index is 1.07. The number of aromatic nitrogens is 3. The molecule has 2 bridgehead atoms. The van der Waals surface area contributed by atoms with Gasteiger partial charge in [0.2, 0.25) is 5.88 Å². The number of anilines is 1. The minimum Gasteiger partial charge on any atom is -0.508 e. The molecule has 5 fully saturated rings. The van der Waals surface area contributed by atoms with E-state index in [2.05, 4.69) is 31.0 Å². The van der Waals surface area contributed by atoms with Gasteiger partial charge in [-0.1, -0.05) is 12.0 Å². The number of phenolic OH excluding ortho intramolecular Hbond substituents is 1. The number of hydrogen-bond acceptors (Lipinski definition) is 9. The van der Waals surface area contributed by atoms with Crippen molar-refractivity contribution < 1.29 is 40.9 Å². The number of hydrogen-bond donors (Lipinski definition) is 2. The second kappa shape index (κ2) is 12.5. The Hall–Kier alpha value is -4.55. The van der Waals surface area contributed by atoms with Crippen molar-refractivity contribution in [3.05, 3.63) is 41.5 Å². The number of ether oxygens (including phenoxy) is 2. The zero-order chi connectivity index (χ0) is 37.7. The summed E-state index contributed by atoms with van der Waals surface area (Å²) >= 11 is 0. The van der Waals surface area contributed by atoms with Crippen LogP contribution in [-0.2, 0) is 0 Å². The zero-order valence-corrected chi connectivity index (χ0v) is 29.4. The van der Waals surface area contributed by atoms with E-state index in [1.807, 2.05) is 0 Å². The predicted octanol–water partition coefficient (Wildman–Crippen LogP) is 6.53. The summed E-state index contributed by atoms with van der Waals surface area (Å²) in [6.45, 7) is 2.66. The third kappa shape index (κ3) is 5.75. The quantitative estimate of drug-likeness (QED) is 0.154. The molecule has 54 heavy (non-hydrogen) atoms. The molecule has 284 valence electrons. The maximum absolute atomic E-state index is 17.1. The number of halogens is 6. The van der Waals surface area contributed by atoms with Gasteiger partial charge in [-0.15, -0.1) is 6.42 Å². The summed E-state index contributed by atoms with van der Waals surface area (Å²) in [7, 11) is 1.39. The number of pyridine rings is 1. The van der Waals surface area contributed by atoms with Crippen LogP contribution in [0.1, 0.15) is 44.1 Å². The van der Waals surface area contributed by atoms with Gasteiger partial charge in [-0.3, -0.25) is 0 Å². The third-order valence-electron chi connectivity index (χ3n) is 12.4. The van der Waals surface area contributed by atoms with E-state index in [0.717, 1.165) is 25.7 Å². The average molecular weight is 753 g/mol. The zero-order valence-electron chi connectivity index (χ0n) is 29.4. The number of methoxy groups -OCH3 is 1. The molecule has 4 aromatic rings. The highest BCUT2D eigenvalue weighted by atomic mass is 19.4. The summed E-state index contributed by atoms with van der Waals surface area (Å²) in [5, 5.41) is 15.0. The molecular weight excluding hydrogens is 714 g/mol. The highest BCUT2D eigenvalue weighted by Gasteiger charge is 2.75. The van der Waals surface area contributed by atoms with Crippen LogP contribution in [0.2, 0.25) is 0 Å². The molecule has 2 N–H and O–H groups in total. The van der Waals surface area contributed by atoms with Crippen molar-refractivity contribution in [1.82, 2.24) is 25.2 Å². The molecule has 2 saturated carbocycles. The third-order valence-corrected chi connectivity index (χ3v) is 12.4. The second-order valence-corrected chi connectivity index (χ2v) is 15.8. The highest BCUT2D eigenvalue weighted by molar-refractivity contribution is 6.04. The van der Waals surface area contributed by atoms with Crippen molar-refractivity contribution in [2.45, 2.75) is 63.0 Å². The fourth-order valence-corrected chi connectivity index (χ4v) is 9.31. The number of aromatic hydroxyl groups is 1. The number of fused-ring (bicyclic) bond motifs is 4. The number of piperazine rings is 1. The van der Waals surface area contributed by atoms with Crippen LogP contribution >= 0.6 is 0 Å². The van der Waals surface area contributed by atoms with Crippen LogP contribution in [0.4, 0.5) is 32.2 Å². The fraction of sp³-hybridized carbons (Fsp3) is 0.513. The Bertz CT molecular complexity index is 2200. The summed E-state index contributed by atoms with van der Waals surface area (Å²) in [6.07, 6.45) is 3.21. The van der Waals surface area contributed by atoms with Crippen molar-refractivity contribution >= 4 is 27.5 Å². The Morgan fingerprint density at radius 1 is 1.02 bits per heavy atom. The minimum atomic E-state index is -4.53. The smallest absolute Gasteiger partial charge is 0.395 e. The molecule has 15 heteroatoms. The molecular formula is C39H38F6N6O3. The van der Waals surface area contributed by atoms with Crippen LogP contribution in [0.5, 0.6) is 17.6 Å². The van der Waals surface area contributed by atoms with E-state index in [1.54, 1.807) is 0 Å². The van der Waals surface area contributed by atoms with E-state index in [-0.39, 0.29) is 87.7 Å². The van der Waals surface area contributed by atoms with E-state index >= 15 is 4.39 Å². The molecule has 2 aromatic heterocycles. The maximum Gasteiger partial charge on any atom is 0.395 e. The molecule has 1 spiro atoms. The lowest BCUT2D eigenvalue weighted by Crippen LogP contribution is -2.51. The van der Waals surface area contributed by atoms with Crippen LogP contribution in [-0.4, -0.2) is 95.8 Å². The predicted molar refractivity (Wildman–Crippen MR) is 188 cm³/mol. The van der Waals surface area contributed by atoms with Gasteiger partial charge in [0.1, 0.15) is 40.2 Å². The fourth-order valence-electron chi connectivity index (χ4n) is 9.31. The summed E-state index contributed by atoms with van der Waals surface area (Å²) in [5.41, 5.74) is -2.10. The minimum absolute atomic E-state index is 0.0180. The molecule has 0 amide bonds. The van der Waals surface area contributed by atoms with Crippen LogP contribution in [0.25, 0.3) is 32.9 Å². The molecule has 2 aromatic carbocycles. The molecule has 0 radical (unpaired) electrons. The highest BCUT2D eigenvalue weighted by Crippen LogP contribution is 2.67. The molecule has 3 saturated heterocycles. The standard InChI is InChI=1S/C39H38F6N6O3/c1-3-24-26(40)7-4-20-14-23(52)15-25(27(20)24)30-29(41)31-28(35(47-30)53-2)34(51-16-21-5-6-22(17-51)46-21)49-36(48-31)54-19-37(8-9-37)18-50-12-10-38(11-13-50)32(33(38)42)39(43,44)45/h1,4,7,14-15,21-22,32-33,46,52H,5-6,8-13,16-19H2,2H3. The molecule has 3 aliphatic heterocycles. The van der Waals surface area contributed by atoms with E-state index in [1.165, 1.54) is 31.4 Å². The molecule has 9 rings (SSSR count). The van der Waals surface area contributed by atoms with E-state index in [4.69, 9.17) is 20.9 Å². The lowest BCUT2D eigenvalue weighted by Gasteiger charge is -2.35. The first-order chi connectivity index (χ1) is 25.8. The first kappa shape index (κ1) is 35.2. The van der Waals surface area contributed by atoms with Gasteiger partial charge in [0, 0.05) is 53.5 Å². The van der Waals surface area contributed by atoms with Gasteiger partial charge in [0.25, 0.3) is 0 Å². The first-order valence-electron chi connectivity index (χ1n) is 18.3. The summed E-state index contributed by atoms with van der Waals surface area (Å²) < 4.78 is 98.7. The number of rotatable bonds is 8. The van der Waals surface area contributed by atoms with Gasteiger partial charge >= 0.3 is 12.2 Å². The number of terminal acetylenes is 1. The van der Waals surface area contributed by atoms with Crippen LogP contribution < -0.4 is 19.7 Å².